The van der Waals surface area contributed by atoms with Crippen molar-refractivity contribution < 1.29 is 18.6 Å². The molecule has 6 heteroatoms. The van der Waals surface area contributed by atoms with Crippen LogP contribution in [0.2, 0.25) is 0 Å². The normalized spacial score (nSPS) is 10.0. The zero-order chi connectivity index (χ0) is 13.8. The summed E-state index contributed by atoms with van der Waals surface area (Å²) in [7, 11) is 0. The molecule has 2 aromatic rings. The Morgan fingerprint density at radius 3 is 2.74 bits per heavy atom. The highest BCUT2D eigenvalue weighted by atomic mass is 19.2. The van der Waals surface area contributed by atoms with Gasteiger partial charge in [-0.2, -0.15) is 9.65 Å². The van der Waals surface area contributed by atoms with Crippen LogP contribution in [0.15, 0.2) is 30.5 Å². The van der Waals surface area contributed by atoms with Crippen LogP contribution in [-0.4, -0.2) is 10.1 Å². The van der Waals surface area contributed by atoms with Gasteiger partial charge in [0.15, 0.2) is 5.82 Å². The summed E-state index contributed by atoms with van der Waals surface area (Å²) >= 11 is 0. The maximum Gasteiger partial charge on any atom is 0.249 e. The molecule has 0 aliphatic carbocycles. The lowest BCUT2D eigenvalue weighted by Crippen LogP contribution is -1.94. The van der Waals surface area contributed by atoms with Gasteiger partial charge in [0.05, 0.1) is 18.4 Å². The molecule has 96 valence electrons. The van der Waals surface area contributed by atoms with Gasteiger partial charge in [0.2, 0.25) is 5.95 Å². The van der Waals surface area contributed by atoms with Gasteiger partial charge >= 0.3 is 0 Å². The molecule has 0 spiro atoms. The predicted molar refractivity (Wildman–Crippen MR) is 61.3 cm³/mol. The molecular formula is C13H8F2N2O2. The maximum absolute atomic E-state index is 13.0. The molecular weight excluding hydrogens is 254 g/mol. The molecule has 0 bridgehead atoms. The Kier molecular flexibility index (Phi) is 3.68. The van der Waals surface area contributed by atoms with E-state index in [-0.39, 0.29) is 23.7 Å². The number of nitriles is 1. The first-order valence-electron chi connectivity index (χ1n) is 5.27. The second-order valence-electron chi connectivity index (χ2n) is 3.65. The molecule has 0 unspecified atom stereocenters. The third kappa shape index (κ3) is 2.84. The third-order valence-electron chi connectivity index (χ3n) is 2.35. The van der Waals surface area contributed by atoms with Crippen molar-refractivity contribution >= 4 is 0 Å². The topological polar surface area (TPSA) is 66.1 Å². The van der Waals surface area contributed by atoms with Gasteiger partial charge in [0.1, 0.15) is 17.6 Å². The van der Waals surface area contributed by atoms with Crippen LogP contribution in [0.5, 0.6) is 11.5 Å². The monoisotopic (exact) mass is 262 g/mol. The smallest absolute Gasteiger partial charge is 0.249 e. The first-order valence-corrected chi connectivity index (χ1v) is 5.27. The molecule has 1 aromatic heterocycles. The minimum absolute atomic E-state index is 0.0212. The van der Waals surface area contributed by atoms with Crippen molar-refractivity contribution in [2.45, 2.75) is 6.61 Å². The molecule has 2 rings (SSSR count). The quantitative estimate of drug-likeness (QED) is 0.863. The fraction of sp³-hybridized carbons (Fsp3) is 0.0769. The first-order chi connectivity index (χ1) is 9.13. The molecule has 0 fully saturated rings. The summed E-state index contributed by atoms with van der Waals surface area (Å²) in [5, 5.41) is 17.9. The number of nitrogens with zero attached hydrogens (tertiary/aromatic N) is 2. The predicted octanol–water partition coefficient (Wildman–Crippen LogP) is 2.52. The van der Waals surface area contributed by atoms with Crippen LogP contribution in [-0.2, 0) is 6.61 Å². The first kappa shape index (κ1) is 12.9. The Morgan fingerprint density at radius 2 is 2.11 bits per heavy atom. The van der Waals surface area contributed by atoms with Crippen molar-refractivity contribution in [1.29, 1.82) is 5.26 Å². The lowest BCUT2D eigenvalue weighted by Gasteiger charge is -2.08. The number of hydrogen-bond acceptors (Lipinski definition) is 4. The van der Waals surface area contributed by atoms with Crippen molar-refractivity contribution in [2.24, 2.45) is 0 Å². The van der Waals surface area contributed by atoms with Gasteiger partial charge in [-0.05, 0) is 17.7 Å². The SMILES string of the molecule is N#Cc1cc(CO)ccc1Oc1cnc(F)c(F)c1. The van der Waals surface area contributed by atoms with Gasteiger partial charge in [-0.3, -0.25) is 0 Å². The van der Waals surface area contributed by atoms with Crippen molar-refractivity contribution in [2.75, 3.05) is 0 Å². The van der Waals surface area contributed by atoms with Crippen molar-refractivity contribution in [3.63, 3.8) is 0 Å². The van der Waals surface area contributed by atoms with Gasteiger partial charge in [-0.25, -0.2) is 9.37 Å². The minimum Gasteiger partial charge on any atom is -0.454 e. The second-order valence-corrected chi connectivity index (χ2v) is 3.65. The standard InChI is InChI=1S/C13H8F2N2O2/c14-11-4-10(6-17-13(11)15)19-12-2-1-8(7-18)3-9(12)5-16/h1-4,6,18H,7H2. The molecule has 0 amide bonds. The summed E-state index contributed by atoms with van der Waals surface area (Å²) in [4.78, 5) is 3.17. The van der Waals surface area contributed by atoms with E-state index in [1.165, 1.54) is 12.1 Å². The van der Waals surface area contributed by atoms with Crippen molar-refractivity contribution in [1.82, 2.24) is 4.98 Å². The Labute approximate surface area is 107 Å². The third-order valence-corrected chi connectivity index (χ3v) is 2.35. The number of hydrogen-bond donors (Lipinski definition) is 1. The van der Waals surface area contributed by atoms with E-state index in [9.17, 15) is 8.78 Å². The lowest BCUT2D eigenvalue weighted by molar-refractivity contribution is 0.281. The van der Waals surface area contributed by atoms with Crippen LogP contribution in [0.25, 0.3) is 0 Å². The minimum atomic E-state index is -1.22. The number of benzene rings is 1. The van der Waals surface area contributed by atoms with Crippen LogP contribution < -0.4 is 4.74 Å². The van der Waals surface area contributed by atoms with Crippen LogP contribution in [0.3, 0.4) is 0 Å². The molecule has 0 radical (unpaired) electrons. The summed E-state index contributed by atoms with van der Waals surface area (Å²) < 4.78 is 30.9. The van der Waals surface area contributed by atoms with Crippen LogP contribution in [0, 0.1) is 23.1 Å². The van der Waals surface area contributed by atoms with Crippen LogP contribution >= 0.6 is 0 Å². The average molecular weight is 262 g/mol. The number of aliphatic hydroxyl groups excluding tert-OH is 1. The number of halogens is 2. The van der Waals surface area contributed by atoms with E-state index in [0.717, 1.165) is 12.3 Å². The Hall–Kier alpha value is -2.52. The zero-order valence-corrected chi connectivity index (χ0v) is 9.60. The number of aromatic nitrogens is 1. The van der Waals surface area contributed by atoms with Gasteiger partial charge in [0.25, 0.3) is 0 Å². The summed E-state index contributed by atoms with van der Waals surface area (Å²) in [5.74, 6) is -2.20. The van der Waals surface area contributed by atoms with E-state index >= 15 is 0 Å². The van der Waals surface area contributed by atoms with E-state index in [4.69, 9.17) is 15.1 Å². The van der Waals surface area contributed by atoms with Gasteiger partial charge in [0, 0.05) is 6.07 Å². The van der Waals surface area contributed by atoms with E-state index < -0.39 is 11.8 Å². The molecule has 19 heavy (non-hydrogen) atoms. The molecule has 0 saturated carbocycles. The van der Waals surface area contributed by atoms with Crippen molar-refractivity contribution in [3.05, 3.63) is 53.4 Å². The van der Waals surface area contributed by atoms with E-state index in [0.29, 0.717) is 5.56 Å². The van der Waals surface area contributed by atoms with Gasteiger partial charge in [-0.15, -0.1) is 0 Å². The number of ether oxygens (including phenoxy) is 1. The molecule has 0 aliphatic rings. The fourth-order valence-electron chi connectivity index (χ4n) is 1.44. The molecule has 4 nitrogen and oxygen atoms in total. The Bertz CT molecular complexity index is 654. The average Bonchev–Trinajstić information content (AvgIpc) is 2.43. The summed E-state index contributed by atoms with van der Waals surface area (Å²) in [6, 6.07) is 7.20. The van der Waals surface area contributed by atoms with Crippen molar-refractivity contribution in [3.8, 4) is 17.6 Å². The Balaban J connectivity index is 2.33. The number of pyridine rings is 1. The molecule has 0 atom stereocenters. The molecule has 1 N–H and O–H groups in total. The number of aliphatic hydroxyl groups is 1. The van der Waals surface area contributed by atoms with Crippen LogP contribution in [0.4, 0.5) is 8.78 Å². The number of rotatable bonds is 3. The lowest BCUT2D eigenvalue weighted by atomic mass is 10.1. The molecule has 0 aliphatic heterocycles. The summed E-state index contributed by atoms with van der Waals surface area (Å²) in [5.41, 5.74) is 0.726. The largest absolute Gasteiger partial charge is 0.454 e. The molecule has 1 heterocycles. The van der Waals surface area contributed by atoms with Gasteiger partial charge < -0.3 is 9.84 Å². The summed E-state index contributed by atoms with van der Waals surface area (Å²) in [6.07, 6.45) is 1.01. The highest BCUT2D eigenvalue weighted by Gasteiger charge is 2.09. The highest BCUT2D eigenvalue weighted by molar-refractivity contribution is 5.47. The summed E-state index contributed by atoms with van der Waals surface area (Å²) in [6.45, 7) is -0.207. The second kappa shape index (κ2) is 5.42. The van der Waals surface area contributed by atoms with E-state index in [1.54, 1.807) is 6.07 Å². The Morgan fingerprint density at radius 1 is 1.32 bits per heavy atom. The van der Waals surface area contributed by atoms with Gasteiger partial charge in [-0.1, -0.05) is 6.07 Å². The zero-order valence-electron chi connectivity index (χ0n) is 9.60. The van der Waals surface area contributed by atoms with Crippen LogP contribution in [0.1, 0.15) is 11.1 Å². The molecule has 1 aromatic carbocycles. The molecule has 0 saturated heterocycles. The van der Waals surface area contributed by atoms with E-state index in [1.807, 2.05) is 6.07 Å². The fourth-order valence-corrected chi connectivity index (χ4v) is 1.44. The maximum atomic E-state index is 13.0. The highest BCUT2D eigenvalue weighted by Crippen LogP contribution is 2.26. The van der Waals surface area contributed by atoms with E-state index in [2.05, 4.69) is 4.98 Å².